The Hall–Kier alpha value is -3.20. The number of nitrogens with zero attached hydrogens (tertiary/aromatic N) is 6. The van der Waals surface area contributed by atoms with E-state index < -0.39 is 0 Å². The molecule has 5 heterocycles. The van der Waals surface area contributed by atoms with Gasteiger partial charge < -0.3 is 15.2 Å². The molecule has 9 heteroatoms. The summed E-state index contributed by atoms with van der Waals surface area (Å²) in [6.45, 7) is 7.28. The van der Waals surface area contributed by atoms with Crippen LogP contribution in [-0.4, -0.2) is 51.9 Å². The first kappa shape index (κ1) is 17.9. The molecular weight excluding hydrogens is 368 g/mol. The molecule has 2 unspecified atom stereocenters. The lowest BCUT2D eigenvalue weighted by atomic mass is 10.0. The average molecular weight is 392 g/mol. The van der Waals surface area contributed by atoms with Crippen LogP contribution >= 0.6 is 0 Å². The second-order valence-electron chi connectivity index (χ2n) is 7.92. The van der Waals surface area contributed by atoms with Gasteiger partial charge in [-0.15, -0.1) is 5.53 Å². The highest BCUT2D eigenvalue weighted by atomic mass is 16.2. The summed E-state index contributed by atoms with van der Waals surface area (Å²) in [7, 11) is 0. The third kappa shape index (κ3) is 3.27. The average Bonchev–Trinajstić information content (AvgIpc) is 3.43. The Labute approximate surface area is 169 Å². The number of anilines is 2. The van der Waals surface area contributed by atoms with E-state index in [1.807, 2.05) is 37.1 Å². The minimum atomic E-state index is 0.0267. The van der Waals surface area contributed by atoms with Gasteiger partial charge in [0.2, 0.25) is 5.95 Å². The molecule has 0 spiro atoms. The van der Waals surface area contributed by atoms with E-state index in [9.17, 15) is 4.79 Å². The van der Waals surface area contributed by atoms with Crippen molar-refractivity contribution in [2.45, 2.75) is 13.8 Å². The fraction of sp³-hybridized carbons (Fsp3) is 0.400. The topological polar surface area (TPSA) is 89.5 Å². The van der Waals surface area contributed by atoms with Gasteiger partial charge >= 0.3 is 0 Å². The van der Waals surface area contributed by atoms with Crippen molar-refractivity contribution in [2.75, 3.05) is 36.1 Å². The fourth-order valence-electron chi connectivity index (χ4n) is 4.50. The van der Waals surface area contributed by atoms with Crippen LogP contribution < -0.4 is 20.9 Å². The number of carbonyl (C=O) groups excluding carboxylic acids is 1. The summed E-state index contributed by atoms with van der Waals surface area (Å²) in [4.78, 5) is 30.8. The third-order valence-electron chi connectivity index (χ3n) is 5.81. The molecule has 2 aromatic heterocycles. The van der Waals surface area contributed by atoms with Crippen LogP contribution in [0.5, 0.6) is 0 Å². The summed E-state index contributed by atoms with van der Waals surface area (Å²) in [5.74, 6) is 1.72. The van der Waals surface area contributed by atoms with E-state index in [-0.39, 0.29) is 5.91 Å². The number of carbonyl (C=O) groups is 1. The SMILES string of the molecule is Cc1cc(C)nc(N2CC3CN(C(=O)c4cnccc4N4C=CNN4)CC3C2)n1. The van der Waals surface area contributed by atoms with Gasteiger partial charge in [0, 0.05) is 74.2 Å². The number of fused-ring (bicyclic) bond motifs is 1. The second kappa shape index (κ2) is 7.00. The molecule has 2 N–H and O–H groups in total. The zero-order chi connectivity index (χ0) is 20.0. The van der Waals surface area contributed by atoms with Crippen molar-refractivity contribution in [1.29, 1.82) is 0 Å². The Kier molecular flexibility index (Phi) is 4.31. The van der Waals surface area contributed by atoms with E-state index in [4.69, 9.17) is 0 Å². The fourth-order valence-corrected chi connectivity index (χ4v) is 4.50. The van der Waals surface area contributed by atoms with Gasteiger partial charge in [0.05, 0.1) is 11.3 Å². The highest BCUT2D eigenvalue weighted by Crippen LogP contribution is 2.34. The molecule has 0 aromatic carbocycles. The number of pyridine rings is 1. The lowest BCUT2D eigenvalue weighted by molar-refractivity contribution is 0.0782. The summed E-state index contributed by atoms with van der Waals surface area (Å²) in [6, 6.07) is 3.83. The minimum Gasteiger partial charge on any atom is -0.340 e. The smallest absolute Gasteiger partial charge is 0.257 e. The standard InChI is InChI=1S/C20H24N8O/c1-13-7-14(2)24-20(23-13)27-11-15-9-26(10-16(15)12-27)19(29)17-8-21-4-3-18(17)28-6-5-22-25-28/h3-8,15-16,22,25H,9-12H2,1-2H3. The van der Waals surface area contributed by atoms with Gasteiger partial charge in [0.25, 0.3) is 5.91 Å². The number of hydrogen-bond donors (Lipinski definition) is 2. The first-order valence-electron chi connectivity index (χ1n) is 9.86. The van der Waals surface area contributed by atoms with E-state index >= 15 is 0 Å². The van der Waals surface area contributed by atoms with Crippen LogP contribution in [0.2, 0.25) is 0 Å². The molecule has 3 aliphatic heterocycles. The number of aromatic nitrogens is 3. The lowest BCUT2D eigenvalue weighted by Crippen LogP contribution is -2.38. The Morgan fingerprint density at radius 2 is 1.83 bits per heavy atom. The number of amides is 1. The molecule has 0 saturated carbocycles. The van der Waals surface area contributed by atoms with Crippen molar-refractivity contribution in [2.24, 2.45) is 11.8 Å². The van der Waals surface area contributed by atoms with E-state index in [0.717, 1.165) is 49.2 Å². The summed E-state index contributed by atoms with van der Waals surface area (Å²) in [5, 5.41) is 1.78. The number of likely N-dealkylation sites (tertiary alicyclic amines) is 1. The van der Waals surface area contributed by atoms with Crippen molar-refractivity contribution in [3.05, 3.63) is 53.9 Å². The molecule has 3 aliphatic rings. The first-order chi connectivity index (χ1) is 14.1. The largest absolute Gasteiger partial charge is 0.340 e. The van der Waals surface area contributed by atoms with Gasteiger partial charge in [-0.05, 0) is 26.0 Å². The van der Waals surface area contributed by atoms with Crippen LogP contribution in [-0.2, 0) is 0 Å². The van der Waals surface area contributed by atoms with E-state index in [2.05, 4.69) is 30.8 Å². The molecule has 2 atom stereocenters. The number of nitrogens with one attached hydrogen (secondary N) is 2. The maximum absolute atomic E-state index is 13.2. The Morgan fingerprint density at radius 3 is 2.48 bits per heavy atom. The highest BCUT2D eigenvalue weighted by molar-refractivity contribution is 5.99. The summed E-state index contributed by atoms with van der Waals surface area (Å²) in [6.07, 6.45) is 6.96. The zero-order valence-electron chi connectivity index (χ0n) is 16.5. The Bertz CT molecular complexity index is 942. The predicted octanol–water partition coefficient (Wildman–Crippen LogP) is 0.997. The van der Waals surface area contributed by atoms with Crippen LogP contribution in [0.3, 0.4) is 0 Å². The molecule has 2 fully saturated rings. The molecule has 1 amide bonds. The lowest BCUT2D eigenvalue weighted by Gasteiger charge is -2.24. The molecule has 150 valence electrons. The summed E-state index contributed by atoms with van der Waals surface area (Å²) < 4.78 is 0. The highest BCUT2D eigenvalue weighted by Gasteiger charge is 2.43. The van der Waals surface area contributed by atoms with Crippen molar-refractivity contribution in [3.8, 4) is 0 Å². The predicted molar refractivity (Wildman–Crippen MR) is 109 cm³/mol. The number of aryl methyl sites for hydroxylation is 2. The Morgan fingerprint density at radius 1 is 1.10 bits per heavy atom. The van der Waals surface area contributed by atoms with E-state index in [1.54, 1.807) is 23.6 Å². The molecule has 2 saturated heterocycles. The van der Waals surface area contributed by atoms with Gasteiger partial charge in [-0.25, -0.2) is 9.97 Å². The number of hydrogen-bond acceptors (Lipinski definition) is 8. The normalized spacial score (nSPS) is 22.9. The molecule has 9 nitrogen and oxygen atoms in total. The molecule has 0 bridgehead atoms. The monoisotopic (exact) mass is 392 g/mol. The quantitative estimate of drug-likeness (QED) is 0.800. The van der Waals surface area contributed by atoms with E-state index in [1.165, 1.54) is 0 Å². The maximum Gasteiger partial charge on any atom is 0.257 e. The van der Waals surface area contributed by atoms with Crippen LogP contribution in [0.25, 0.3) is 0 Å². The van der Waals surface area contributed by atoms with Gasteiger partial charge in [0.1, 0.15) is 0 Å². The van der Waals surface area contributed by atoms with Gasteiger partial charge in [-0.2, -0.15) is 0 Å². The van der Waals surface area contributed by atoms with Crippen LogP contribution in [0, 0.1) is 25.7 Å². The van der Waals surface area contributed by atoms with Gasteiger partial charge in [-0.3, -0.25) is 14.8 Å². The molecule has 29 heavy (non-hydrogen) atoms. The van der Waals surface area contributed by atoms with Crippen molar-refractivity contribution in [1.82, 2.24) is 30.8 Å². The van der Waals surface area contributed by atoms with E-state index in [0.29, 0.717) is 17.4 Å². The minimum absolute atomic E-state index is 0.0267. The molecule has 0 aliphatic carbocycles. The first-order valence-corrected chi connectivity index (χ1v) is 9.86. The van der Waals surface area contributed by atoms with Crippen LogP contribution in [0.1, 0.15) is 21.7 Å². The third-order valence-corrected chi connectivity index (χ3v) is 5.81. The number of hydrazine groups is 2. The Balaban J connectivity index is 1.30. The summed E-state index contributed by atoms with van der Waals surface area (Å²) >= 11 is 0. The second-order valence-corrected chi connectivity index (χ2v) is 7.92. The summed E-state index contributed by atoms with van der Waals surface area (Å²) in [5.41, 5.74) is 9.25. The zero-order valence-corrected chi connectivity index (χ0v) is 16.5. The molecule has 0 radical (unpaired) electrons. The van der Waals surface area contributed by atoms with Crippen LogP contribution in [0.15, 0.2) is 36.9 Å². The van der Waals surface area contributed by atoms with Crippen molar-refractivity contribution < 1.29 is 4.79 Å². The van der Waals surface area contributed by atoms with Crippen molar-refractivity contribution in [3.63, 3.8) is 0 Å². The molecular formula is C20H24N8O. The van der Waals surface area contributed by atoms with Crippen LogP contribution in [0.4, 0.5) is 11.6 Å². The maximum atomic E-state index is 13.2. The molecule has 2 aromatic rings. The van der Waals surface area contributed by atoms with Gasteiger partial charge in [-0.1, -0.05) is 0 Å². The number of rotatable bonds is 3. The molecule has 5 rings (SSSR count). The van der Waals surface area contributed by atoms with Gasteiger partial charge in [0.15, 0.2) is 0 Å². The van der Waals surface area contributed by atoms with Crippen molar-refractivity contribution >= 4 is 17.5 Å².